The van der Waals surface area contributed by atoms with Gasteiger partial charge in [-0.05, 0) is 31.7 Å². The van der Waals surface area contributed by atoms with Crippen molar-refractivity contribution in [3.05, 3.63) is 36.7 Å². The standard InChI is InChI=1S/C15H21N5O/c1-13-16-6-9-18(13)10-14-4-2-7-19(11-14)15(21)12-20-8-3-5-17-20/h3,5-6,8-9,14H,2,4,7,10-12H2,1H3. The summed E-state index contributed by atoms with van der Waals surface area (Å²) in [6.45, 7) is 4.99. The van der Waals surface area contributed by atoms with Gasteiger partial charge in [-0.1, -0.05) is 0 Å². The number of hydrogen-bond acceptors (Lipinski definition) is 3. The third-order valence-corrected chi connectivity index (χ3v) is 4.11. The summed E-state index contributed by atoms with van der Waals surface area (Å²) in [5.41, 5.74) is 0. The second kappa shape index (κ2) is 6.11. The summed E-state index contributed by atoms with van der Waals surface area (Å²) in [6.07, 6.45) is 9.62. The molecule has 6 nitrogen and oxygen atoms in total. The molecule has 0 bridgehead atoms. The van der Waals surface area contributed by atoms with E-state index in [9.17, 15) is 4.79 Å². The summed E-state index contributed by atoms with van der Waals surface area (Å²) in [7, 11) is 0. The van der Waals surface area contributed by atoms with Gasteiger partial charge in [0.15, 0.2) is 0 Å². The van der Waals surface area contributed by atoms with Crippen molar-refractivity contribution in [3.63, 3.8) is 0 Å². The maximum atomic E-state index is 12.3. The van der Waals surface area contributed by atoms with Crippen molar-refractivity contribution in [1.82, 2.24) is 24.2 Å². The second-order valence-electron chi connectivity index (χ2n) is 5.68. The Morgan fingerprint density at radius 3 is 3.00 bits per heavy atom. The van der Waals surface area contributed by atoms with Gasteiger partial charge in [-0.15, -0.1) is 0 Å². The van der Waals surface area contributed by atoms with E-state index in [2.05, 4.69) is 14.6 Å². The molecular weight excluding hydrogens is 266 g/mol. The first kappa shape index (κ1) is 13.9. The zero-order valence-electron chi connectivity index (χ0n) is 12.4. The summed E-state index contributed by atoms with van der Waals surface area (Å²) < 4.78 is 3.86. The van der Waals surface area contributed by atoms with Crippen LogP contribution in [0.25, 0.3) is 0 Å². The average molecular weight is 287 g/mol. The van der Waals surface area contributed by atoms with Crippen molar-refractivity contribution in [2.45, 2.75) is 32.9 Å². The fraction of sp³-hybridized carbons (Fsp3) is 0.533. The molecule has 3 heterocycles. The van der Waals surface area contributed by atoms with Gasteiger partial charge in [0.1, 0.15) is 12.4 Å². The van der Waals surface area contributed by atoms with E-state index in [1.807, 2.05) is 36.5 Å². The Balaban J connectivity index is 1.57. The SMILES string of the molecule is Cc1nccn1CC1CCCN(C(=O)Cn2cccn2)C1. The lowest BCUT2D eigenvalue weighted by molar-refractivity contribution is -0.134. The number of likely N-dealkylation sites (tertiary alicyclic amines) is 1. The van der Waals surface area contributed by atoms with Crippen LogP contribution in [0.2, 0.25) is 0 Å². The Labute approximate surface area is 124 Å². The number of piperidine rings is 1. The van der Waals surface area contributed by atoms with Gasteiger partial charge < -0.3 is 9.47 Å². The molecule has 2 aromatic heterocycles. The molecule has 0 spiro atoms. The molecule has 1 amide bonds. The maximum absolute atomic E-state index is 12.3. The number of aryl methyl sites for hydroxylation is 1. The molecule has 1 fully saturated rings. The van der Waals surface area contributed by atoms with E-state index < -0.39 is 0 Å². The molecule has 0 saturated carbocycles. The zero-order chi connectivity index (χ0) is 14.7. The fourth-order valence-corrected chi connectivity index (χ4v) is 2.95. The number of hydrogen-bond donors (Lipinski definition) is 0. The molecule has 1 aliphatic heterocycles. The highest BCUT2D eigenvalue weighted by Gasteiger charge is 2.24. The molecular formula is C15H21N5O. The van der Waals surface area contributed by atoms with Crippen LogP contribution in [-0.4, -0.2) is 43.2 Å². The molecule has 1 unspecified atom stereocenters. The van der Waals surface area contributed by atoms with Crippen LogP contribution in [0, 0.1) is 12.8 Å². The average Bonchev–Trinajstić information content (AvgIpc) is 3.12. The minimum absolute atomic E-state index is 0.158. The minimum atomic E-state index is 0.158. The number of amides is 1. The zero-order valence-corrected chi connectivity index (χ0v) is 12.4. The lowest BCUT2D eigenvalue weighted by atomic mass is 9.98. The predicted molar refractivity (Wildman–Crippen MR) is 78.5 cm³/mol. The molecule has 0 N–H and O–H groups in total. The van der Waals surface area contributed by atoms with Crippen molar-refractivity contribution in [1.29, 1.82) is 0 Å². The van der Waals surface area contributed by atoms with E-state index in [1.165, 1.54) is 6.42 Å². The van der Waals surface area contributed by atoms with Crippen LogP contribution in [-0.2, 0) is 17.9 Å². The fourth-order valence-electron chi connectivity index (χ4n) is 2.95. The summed E-state index contributed by atoms with van der Waals surface area (Å²) in [6, 6.07) is 1.84. The second-order valence-corrected chi connectivity index (χ2v) is 5.68. The molecule has 21 heavy (non-hydrogen) atoms. The van der Waals surface area contributed by atoms with Crippen LogP contribution >= 0.6 is 0 Å². The van der Waals surface area contributed by atoms with Gasteiger partial charge in [0.25, 0.3) is 0 Å². The number of rotatable bonds is 4. The molecule has 0 aromatic carbocycles. The lowest BCUT2D eigenvalue weighted by Gasteiger charge is -2.33. The van der Waals surface area contributed by atoms with Gasteiger partial charge in [0.05, 0.1) is 0 Å². The predicted octanol–water partition coefficient (Wildman–Crippen LogP) is 1.33. The van der Waals surface area contributed by atoms with Crippen molar-refractivity contribution in [3.8, 4) is 0 Å². The number of nitrogens with zero attached hydrogens (tertiary/aromatic N) is 5. The lowest BCUT2D eigenvalue weighted by Crippen LogP contribution is -2.42. The van der Waals surface area contributed by atoms with E-state index in [0.29, 0.717) is 12.5 Å². The van der Waals surface area contributed by atoms with Gasteiger partial charge in [-0.25, -0.2) is 4.98 Å². The van der Waals surface area contributed by atoms with Crippen molar-refractivity contribution in [2.24, 2.45) is 5.92 Å². The smallest absolute Gasteiger partial charge is 0.244 e. The molecule has 112 valence electrons. The Kier molecular flexibility index (Phi) is 4.03. The van der Waals surface area contributed by atoms with Crippen molar-refractivity contribution < 1.29 is 4.79 Å². The van der Waals surface area contributed by atoms with Gasteiger partial charge in [0, 0.05) is 44.4 Å². The maximum Gasteiger partial charge on any atom is 0.244 e. The number of aromatic nitrogens is 4. The van der Waals surface area contributed by atoms with Crippen molar-refractivity contribution >= 4 is 5.91 Å². The number of carbonyl (C=O) groups is 1. The summed E-state index contributed by atoms with van der Waals surface area (Å²) in [5.74, 6) is 1.70. The van der Waals surface area contributed by atoms with Crippen LogP contribution < -0.4 is 0 Å². The highest BCUT2D eigenvalue weighted by molar-refractivity contribution is 5.76. The van der Waals surface area contributed by atoms with Crippen LogP contribution in [0.5, 0.6) is 0 Å². The Morgan fingerprint density at radius 2 is 2.29 bits per heavy atom. The summed E-state index contributed by atoms with van der Waals surface area (Å²) in [5, 5.41) is 4.10. The highest BCUT2D eigenvalue weighted by atomic mass is 16.2. The number of carbonyl (C=O) groups excluding carboxylic acids is 1. The molecule has 2 aromatic rings. The summed E-state index contributed by atoms with van der Waals surface area (Å²) in [4.78, 5) is 18.6. The normalized spacial score (nSPS) is 18.9. The van der Waals surface area contributed by atoms with Gasteiger partial charge in [-0.3, -0.25) is 9.48 Å². The van der Waals surface area contributed by atoms with Gasteiger partial charge >= 0.3 is 0 Å². The molecule has 1 saturated heterocycles. The first-order valence-corrected chi connectivity index (χ1v) is 7.45. The van der Waals surface area contributed by atoms with Crippen LogP contribution in [0.3, 0.4) is 0 Å². The third kappa shape index (κ3) is 3.32. The Hall–Kier alpha value is -2.11. The minimum Gasteiger partial charge on any atom is -0.341 e. The van der Waals surface area contributed by atoms with Gasteiger partial charge in [0.2, 0.25) is 5.91 Å². The molecule has 0 radical (unpaired) electrons. The summed E-state index contributed by atoms with van der Waals surface area (Å²) >= 11 is 0. The highest BCUT2D eigenvalue weighted by Crippen LogP contribution is 2.19. The van der Waals surface area contributed by atoms with Crippen molar-refractivity contribution in [2.75, 3.05) is 13.1 Å². The van der Waals surface area contributed by atoms with Crippen LogP contribution in [0.15, 0.2) is 30.9 Å². The first-order chi connectivity index (χ1) is 10.2. The quantitative estimate of drug-likeness (QED) is 0.852. The first-order valence-electron chi connectivity index (χ1n) is 7.45. The van der Waals surface area contributed by atoms with Gasteiger partial charge in [-0.2, -0.15) is 5.10 Å². The molecule has 1 atom stereocenters. The molecule has 3 rings (SSSR count). The topological polar surface area (TPSA) is 56.0 Å². The largest absolute Gasteiger partial charge is 0.341 e. The van der Waals surface area contributed by atoms with Crippen LogP contribution in [0.1, 0.15) is 18.7 Å². The van der Waals surface area contributed by atoms with E-state index in [-0.39, 0.29) is 5.91 Å². The number of imidazole rings is 1. The molecule has 0 aliphatic carbocycles. The third-order valence-electron chi connectivity index (χ3n) is 4.11. The van der Waals surface area contributed by atoms with E-state index >= 15 is 0 Å². The van der Waals surface area contributed by atoms with E-state index in [0.717, 1.165) is 31.9 Å². The Morgan fingerprint density at radius 1 is 1.38 bits per heavy atom. The molecule has 1 aliphatic rings. The van der Waals surface area contributed by atoms with Crippen LogP contribution in [0.4, 0.5) is 0 Å². The van der Waals surface area contributed by atoms with E-state index in [4.69, 9.17) is 0 Å². The molecule has 6 heteroatoms. The monoisotopic (exact) mass is 287 g/mol. The Bertz CT molecular complexity index is 589. The van der Waals surface area contributed by atoms with E-state index in [1.54, 1.807) is 10.9 Å².